The number of aryl methyl sites for hydroxylation is 1. The molecular formula is C26H27N3O2. The number of aromatic hydroxyl groups is 1. The molecule has 0 aliphatic carbocycles. The van der Waals surface area contributed by atoms with Crippen molar-refractivity contribution >= 4 is 16.8 Å². The number of nitrogens with two attached hydrogens (primary N) is 1. The number of primary amides is 1. The van der Waals surface area contributed by atoms with Crippen LogP contribution in [-0.2, 0) is 19.4 Å². The van der Waals surface area contributed by atoms with E-state index in [1.807, 2.05) is 43.3 Å². The van der Waals surface area contributed by atoms with Crippen molar-refractivity contribution in [2.24, 2.45) is 5.73 Å². The molecule has 5 heteroatoms. The minimum atomic E-state index is -0.456. The molecule has 5 nitrogen and oxygen atoms in total. The molecule has 0 saturated carbocycles. The van der Waals surface area contributed by atoms with Gasteiger partial charge in [-0.1, -0.05) is 61.9 Å². The summed E-state index contributed by atoms with van der Waals surface area (Å²) >= 11 is 0. The van der Waals surface area contributed by atoms with Crippen LogP contribution in [0.5, 0.6) is 5.75 Å². The minimum absolute atomic E-state index is 0.122. The number of carbonyl (C=O) groups excluding carboxylic acids is 1. The van der Waals surface area contributed by atoms with Crippen molar-refractivity contribution < 1.29 is 9.90 Å². The fourth-order valence-electron chi connectivity index (χ4n) is 4.33. The maximum atomic E-state index is 12.5. The highest BCUT2D eigenvalue weighted by molar-refractivity contribution is 6.02. The number of hydrogen-bond acceptors (Lipinski definition) is 3. The van der Waals surface area contributed by atoms with E-state index < -0.39 is 5.91 Å². The van der Waals surface area contributed by atoms with Crippen molar-refractivity contribution in [2.75, 3.05) is 0 Å². The Morgan fingerprint density at radius 2 is 1.81 bits per heavy atom. The van der Waals surface area contributed by atoms with E-state index in [1.54, 1.807) is 12.1 Å². The van der Waals surface area contributed by atoms with Crippen LogP contribution < -0.4 is 5.73 Å². The molecule has 4 aromatic rings. The Kier molecular flexibility index (Phi) is 5.76. The molecule has 0 spiro atoms. The summed E-state index contributed by atoms with van der Waals surface area (Å²) in [5, 5.41) is 11.2. The number of benzene rings is 2. The molecular weight excluding hydrogens is 386 g/mol. The second kappa shape index (κ2) is 8.64. The van der Waals surface area contributed by atoms with Crippen molar-refractivity contribution in [1.29, 1.82) is 0 Å². The number of phenolic OH excluding ortho intramolecular Hbond substituents is 1. The highest BCUT2D eigenvalue weighted by Gasteiger charge is 2.25. The van der Waals surface area contributed by atoms with Crippen molar-refractivity contribution in [2.45, 2.75) is 39.7 Å². The number of nitrogens with zero attached hydrogens (tertiary/aromatic N) is 2. The number of carbonyl (C=O) groups is 1. The minimum Gasteiger partial charge on any atom is -0.506 e. The zero-order valence-electron chi connectivity index (χ0n) is 17.9. The standard InChI is InChI=1S/C26H27N3O2/c1-3-8-21-24(20-14-13-19-11-7-12-22(30)25(19)28-20)23(26(27)31)17(2)29(21)16-15-18-9-5-4-6-10-18/h4-7,9-14,30H,3,8,15-16H2,1-2H3,(H2,27,31). The Morgan fingerprint density at radius 3 is 2.52 bits per heavy atom. The summed E-state index contributed by atoms with van der Waals surface area (Å²) < 4.78 is 2.21. The average molecular weight is 414 g/mol. The van der Waals surface area contributed by atoms with Crippen LogP contribution >= 0.6 is 0 Å². The first-order valence-corrected chi connectivity index (χ1v) is 10.7. The Bertz CT molecular complexity index is 1240. The van der Waals surface area contributed by atoms with Crippen LogP contribution in [0.2, 0.25) is 0 Å². The first kappa shape index (κ1) is 20.7. The molecule has 3 N–H and O–H groups in total. The van der Waals surface area contributed by atoms with Gasteiger partial charge in [-0.3, -0.25) is 4.79 Å². The maximum absolute atomic E-state index is 12.5. The van der Waals surface area contributed by atoms with Crippen LogP contribution in [0.4, 0.5) is 0 Å². The van der Waals surface area contributed by atoms with Gasteiger partial charge in [-0.05, 0) is 37.5 Å². The number of amides is 1. The number of para-hydroxylation sites is 1. The van der Waals surface area contributed by atoms with E-state index in [0.29, 0.717) is 16.8 Å². The van der Waals surface area contributed by atoms with E-state index in [0.717, 1.165) is 48.1 Å². The van der Waals surface area contributed by atoms with Crippen LogP contribution in [0.25, 0.3) is 22.2 Å². The van der Waals surface area contributed by atoms with Crippen molar-refractivity contribution in [1.82, 2.24) is 9.55 Å². The lowest BCUT2D eigenvalue weighted by Crippen LogP contribution is -2.14. The predicted molar refractivity (Wildman–Crippen MR) is 124 cm³/mol. The fraction of sp³-hybridized carbons (Fsp3) is 0.231. The molecule has 0 aliphatic rings. The zero-order chi connectivity index (χ0) is 22.0. The summed E-state index contributed by atoms with van der Waals surface area (Å²) in [7, 11) is 0. The highest BCUT2D eigenvalue weighted by atomic mass is 16.3. The molecule has 31 heavy (non-hydrogen) atoms. The van der Waals surface area contributed by atoms with Gasteiger partial charge >= 0.3 is 0 Å². The van der Waals surface area contributed by atoms with Gasteiger partial charge in [0, 0.05) is 28.9 Å². The average Bonchev–Trinajstić information content (AvgIpc) is 3.05. The van der Waals surface area contributed by atoms with Crippen molar-refractivity contribution in [3.8, 4) is 17.0 Å². The largest absolute Gasteiger partial charge is 0.506 e. The lowest BCUT2D eigenvalue weighted by Gasteiger charge is -2.13. The van der Waals surface area contributed by atoms with Gasteiger partial charge < -0.3 is 15.4 Å². The van der Waals surface area contributed by atoms with Gasteiger partial charge in [0.15, 0.2) is 0 Å². The van der Waals surface area contributed by atoms with Gasteiger partial charge in [-0.15, -0.1) is 0 Å². The van der Waals surface area contributed by atoms with E-state index in [2.05, 4.69) is 23.6 Å². The molecule has 0 bridgehead atoms. The zero-order valence-corrected chi connectivity index (χ0v) is 17.9. The Labute approximate surface area is 182 Å². The third-order valence-electron chi connectivity index (χ3n) is 5.79. The number of pyridine rings is 1. The molecule has 0 radical (unpaired) electrons. The normalized spacial score (nSPS) is 11.2. The second-order valence-corrected chi connectivity index (χ2v) is 7.83. The molecule has 0 fully saturated rings. The summed E-state index contributed by atoms with van der Waals surface area (Å²) in [6.45, 7) is 4.83. The number of phenols is 1. The summed E-state index contributed by atoms with van der Waals surface area (Å²) in [6.07, 6.45) is 2.59. The molecule has 0 aliphatic heterocycles. The van der Waals surface area contributed by atoms with E-state index in [9.17, 15) is 9.90 Å². The highest BCUT2D eigenvalue weighted by Crippen LogP contribution is 2.35. The summed E-state index contributed by atoms with van der Waals surface area (Å²) in [5.41, 5.74) is 11.5. The Hall–Kier alpha value is -3.60. The number of hydrogen-bond donors (Lipinski definition) is 2. The van der Waals surface area contributed by atoms with Crippen molar-refractivity contribution in [3.05, 3.63) is 83.2 Å². The van der Waals surface area contributed by atoms with E-state index in [1.165, 1.54) is 5.56 Å². The smallest absolute Gasteiger partial charge is 0.251 e. The van der Waals surface area contributed by atoms with Crippen LogP contribution in [0.3, 0.4) is 0 Å². The Morgan fingerprint density at radius 1 is 1.03 bits per heavy atom. The van der Waals surface area contributed by atoms with Crippen LogP contribution in [0, 0.1) is 6.92 Å². The SMILES string of the molecule is CCCc1c(-c2ccc3cccc(O)c3n2)c(C(N)=O)c(C)n1CCc1ccccc1. The number of aromatic nitrogens is 2. The van der Waals surface area contributed by atoms with Gasteiger partial charge in [0.1, 0.15) is 11.3 Å². The topological polar surface area (TPSA) is 81.1 Å². The summed E-state index contributed by atoms with van der Waals surface area (Å²) in [6, 6.07) is 19.5. The van der Waals surface area contributed by atoms with E-state index in [-0.39, 0.29) is 5.75 Å². The molecule has 2 aromatic heterocycles. The molecule has 158 valence electrons. The van der Waals surface area contributed by atoms with Crippen molar-refractivity contribution in [3.63, 3.8) is 0 Å². The lowest BCUT2D eigenvalue weighted by molar-refractivity contribution is 0.1000. The predicted octanol–water partition coefficient (Wildman–Crippen LogP) is 5.01. The van der Waals surface area contributed by atoms with Crippen LogP contribution in [0.1, 0.15) is 40.7 Å². The number of fused-ring (bicyclic) bond motifs is 1. The van der Waals surface area contributed by atoms with Gasteiger partial charge in [-0.2, -0.15) is 0 Å². The molecule has 4 rings (SSSR count). The van der Waals surface area contributed by atoms with E-state index >= 15 is 0 Å². The first-order valence-electron chi connectivity index (χ1n) is 10.7. The Balaban J connectivity index is 1.88. The maximum Gasteiger partial charge on any atom is 0.251 e. The van der Waals surface area contributed by atoms with Gasteiger partial charge in [-0.25, -0.2) is 4.98 Å². The summed E-state index contributed by atoms with van der Waals surface area (Å²) in [4.78, 5) is 17.3. The van der Waals surface area contributed by atoms with Gasteiger partial charge in [0.2, 0.25) is 0 Å². The van der Waals surface area contributed by atoms with Crippen LogP contribution in [-0.4, -0.2) is 20.6 Å². The second-order valence-electron chi connectivity index (χ2n) is 7.83. The van der Waals surface area contributed by atoms with Gasteiger partial charge in [0.25, 0.3) is 5.91 Å². The van der Waals surface area contributed by atoms with Gasteiger partial charge in [0.05, 0.1) is 11.3 Å². The summed E-state index contributed by atoms with van der Waals surface area (Å²) in [5.74, 6) is -0.334. The third-order valence-corrected chi connectivity index (χ3v) is 5.79. The molecule has 0 unspecified atom stereocenters. The molecule has 2 heterocycles. The van der Waals surface area contributed by atoms with Crippen LogP contribution in [0.15, 0.2) is 60.7 Å². The van der Waals surface area contributed by atoms with E-state index in [4.69, 9.17) is 10.7 Å². The third kappa shape index (κ3) is 3.91. The first-order chi connectivity index (χ1) is 15.0. The lowest BCUT2D eigenvalue weighted by atomic mass is 10.0. The molecule has 0 atom stereocenters. The molecule has 0 saturated heterocycles. The fourth-order valence-corrected chi connectivity index (χ4v) is 4.33. The number of rotatable bonds is 7. The molecule has 2 aromatic carbocycles. The quantitative estimate of drug-likeness (QED) is 0.447. The monoisotopic (exact) mass is 413 g/mol. The molecule has 1 amide bonds.